The highest BCUT2D eigenvalue weighted by atomic mass is 16.5. The molecule has 3 rings (SSSR count). The number of methoxy groups -OCH3 is 1. The Morgan fingerprint density at radius 3 is 2.40 bits per heavy atom. The summed E-state index contributed by atoms with van der Waals surface area (Å²) in [7, 11) is 1.71. The number of benzene rings is 1. The van der Waals surface area contributed by atoms with Crippen molar-refractivity contribution in [2.24, 2.45) is 0 Å². The highest BCUT2D eigenvalue weighted by Crippen LogP contribution is 2.33. The largest absolute Gasteiger partial charge is 0.493 e. The minimum atomic E-state index is 0.318. The van der Waals surface area contributed by atoms with Gasteiger partial charge in [-0.25, -0.2) is 0 Å². The standard InChI is InChI=1S/C17H25NO2/c1-19-16-10-4-5-11-17(16)20-15-9-3-2-8-14(15)18-12-6-7-13-18/h4-5,10-11,14-15H,2-3,6-9,12-13H2,1H3. The molecule has 0 bridgehead atoms. The van der Waals surface area contributed by atoms with Crippen molar-refractivity contribution >= 4 is 0 Å². The summed E-state index contributed by atoms with van der Waals surface area (Å²) < 4.78 is 11.7. The molecule has 3 heteroatoms. The van der Waals surface area contributed by atoms with Crippen molar-refractivity contribution in [1.29, 1.82) is 0 Å². The number of hydrogen-bond acceptors (Lipinski definition) is 3. The third-order valence-corrected chi connectivity index (χ3v) is 4.62. The fraction of sp³-hybridized carbons (Fsp3) is 0.647. The van der Waals surface area contributed by atoms with Crippen molar-refractivity contribution < 1.29 is 9.47 Å². The maximum atomic E-state index is 6.34. The monoisotopic (exact) mass is 275 g/mol. The molecule has 1 heterocycles. The van der Waals surface area contributed by atoms with Crippen LogP contribution < -0.4 is 9.47 Å². The first-order chi connectivity index (χ1) is 9.88. The molecule has 1 aliphatic carbocycles. The van der Waals surface area contributed by atoms with Crippen molar-refractivity contribution in [3.63, 3.8) is 0 Å². The van der Waals surface area contributed by atoms with Gasteiger partial charge in [0.15, 0.2) is 11.5 Å². The van der Waals surface area contributed by atoms with E-state index in [0.29, 0.717) is 12.1 Å². The highest BCUT2D eigenvalue weighted by Gasteiger charge is 2.33. The summed E-state index contributed by atoms with van der Waals surface area (Å²) in [5.74, 6) is 1.74. The lowest BCUT2D eigenvalue weighted by Gasteiger charge is -2.38. The maximum absolute atomic E-state index is 6.34. The molecule has 1 aliphatic heterocycles. The fourth-order valence-corrected chi connectivity index (χ4v) is 3.58. The quantitative estimate of drug-likeness (QED) is 0.839. The highest BCUT2D eigenvalue weighted by molar-refractivity contribution is 5.39. The number of rotatable bonds is 4. The number of para-hydroxylation sites is 2. The topological polar surface area (TPSA) is 21.7 Å². The molecular formula is C17H25NO2. The van der Waals surface area contributed by atoms with Gasteiger partial charge in [0.2, 0.25) is 0 Å². The van der Waals surface area contributed by atoms with Gasteiger partial charge in [0, 0.05) is 6.04 Å². The lowest BCUT2D eigenvalue weighted by atomic mass is 9.91. The Labute approximate surface area is 121 Å². The van der Waals surface area contributed by atoms with Crippen molar-refractivity contribution in [3.05, 3.63) is 24.3 Å². The third kappa shape index (κ3) is 2.93. The maximum Gasteiger partial charge on any atom is 0.161 e. The summed E-state index contributed by atoms with van der Waals surface area (Å²) in [5, 5.41) is 0. The second-order valence-corrected chi connectivity index (χ2v) is 5.90. The molecule has 1 saturated carbocycles. The van der Waals surface area contributed by atoms with Gasteiger partial charge in [-0.1, -0.05) is 18.6 Å². The van der Waals surface area contributed by atoms with Crippen molar-refractivity contribution in [2.45, 2.75) is 50.7 Å². The lowest BCUT2D eigenvalue weighted by molar-refractivity contribution is 0.0468. The number of likely N-dealkylation sites (tertiary alicyclic amines) is 1. The van der Waals surface area contributed by atoms with Crippen molar-refractivity contribution in [3.8, 4) is 11.5 Å². The summed E-state index contributed by atoms with van der Waals surface area (Å²) in [6.45, 7) is 2.49. The Kier molecular flexibility index (Phi) is 4.46. The number of hydrogen-bond donors (Lipinski definition) is 0. The van der Waals surface area contributed by atoms with Crippen LogP contribution in [0.1, 0.15) is 38.5 Å². The Bertz CT molecular complexity index is 429. The molecule has 0 aromatic heterocycles. The number of ether oxygens (including phenoxy) is 2. The summed E-state index contributed by atoms with van der Waals surface area (Å²) in [4.78, 5) is 2.64. The molecule has 0 spiro atoms. The zero-order chi connectivity index (χ0) is 13.8. The Hall–Kier alpha value is -1.22. The second kappa shape index (κ2) is 6.49. The molecule has 2 atom stereocenters. The smallest absolute Gasteiger partial charge is 0.161 e. The van der Waals surface area contributed by atoms with E-state index in [9.17, 15) is 0 Å². The summed E-state index contributed by atoms with van der Waals surface area (Å²) >= 11 is 0. The predicted octanol–water partition coefficient (Wildman–Crippen LogP) is 3.48. The summed E-state index contributed by atoms with van der Waals surface area (Å²) in [5.41, 5.74) is 0. The van der Waals surface area contributed by atoms with Crippen LogP contribution in [0.2, 0.25) is 0 Å². The van der Waals surface area contributed by atoms with Gasteiger partial charge in [0.05, 0.1) is 7.11 Å². The first-order valence-corrected chi connectivity index (χ1v) is 7.92. The van der Waals surface area contributed by atoms with Crippen LogP contribution in [-0.4, -0.2) is 37.2 Å². The molecule has 0 N–H and O–H groups in total. The van der Waals surface area contributed by atoms with E-state index < -0.39 is 0 Å². The Morgan fingerprint density at radius 2 is 1.65 bits per heavy atom. The van der Waals surface area contributed by atoms with Crippen LogP contribution in [0.25, 0.3) is 0 Å². The molecule has 1 aromatic carbocycles. The van der Waals surface area contributed by atoms with Crippen LogP contribution in [0, 0.1) is 0 Å². The average Bonchev–Trinajstić information content (AvgIpc) is 3.02. The molecule has 1 aromatic rings. The van der Waals surface area contributed by atoms with E-state index in [-0.39, 0.29) is 0 Å². The molecule has 2 aliphatic rings. The normalized spacial score (nSPS) is 27.4. The van der Waals surface area contributed by atoms with Gasteiger partial charge in [-0.05, 0) is 57.3 Å². The van der Waals surface area contributed by atoms with Gasteiger partial charge in [0.1, 0.15) is 6.10 Å². The van der Waals surface area contributed by atoms with E-state index >= 15 is 0 Å². The van der Waals surface area contributed by atoms with E-state index in [0.717, 1.165) is 11.5 Å². The zero-order valence-electron chi connectivity index (χ0n) is 12.4. The van der Waals surface area contributed by atoms with E-state index in [1.807, 2.05) is 24.3 Å². The number of nitrogens with zero attached hydrogens (tertiary/aromatic N) is 1. The van der Waals surface area contributed by atoms with Crippen LogP contribution in [-0.2, 0) is 0 Å². The fourth-order valence-electron chi connectivity index (χ4n) is 3.58. The molecule has 0 radical (unpaired) electrons. The molecule has 0 amide bonds. The van der Waals surface area contributed by atoms with Crippen LogP contribution in [0.5, 0.6) is 11.5 Å². The third-order valence-electron chi connectivity index (χ3n) is 4.62. The van der Waals surface area contributed by atoms with Gasteiger partial charge >= 0.3 is 0 Å². The first-order valence-electron chi connectivity index (χ1n) is 7.92. The van der Waals surface area contributed by atoms with Gasteiger partial charge in [0.25, 0.3) is 0 Å². The summed E-state index contributed by atoms with van der Waals surface area (Å²) in [6.07, 6.45) is 8.07. The van der Waals surface area contributed by atoms with E-state index in [1.54, 1.807) is 7.11 Å². The van der Waals surface area contributed by atoms with Gasteiger partial charge < -0.3 is 9.47 Å². The van der Waals surface area contributed by atoms with E-state index in [4.69, 9.17) is 9.47 Å². The average molecular weight is 275 g/mol. The first kappa shape index (κ1) is 13.7. The molecule has 1 saturated heterocycles. The molecule has 3 nitrogen and oxygen atoms in total. The van der Waals surface area contributed by atoms with E-state index in [2.05, 4.69) is 4.90 Å². The van der Waals surface area contributed by atoms with Crippen molar-refractivity contribution in [1.82, 2.24) is 4.90 Å². The van der Waals surface area contributed by atoms with Crippen LogP contribution >= 0.6 is 0 Å². The Balaban J connectivity index is 1.73. The SMILES string of the molecule is COc1ccccc1OC1CCCCC1N1CCCC1. The molecule has 2 fully saturated rings. The van der Waals surface area contributed by atoms with Gasteiger partial charge in [-0.3, -0.25) is 4.90 Å². The van der Waals surface area contributed by atoms with Crippen LogP contribution in [0.3, 0.4) is 0 Å². The Morgan fingerprint density at radius 1 is 0.950 bits per heavy atom. The van der Waals surface area contributed by atoms with Gasteiger partial charge in [-0.2, -0.15) is 0 Å². The predicted molar refractivity (Wildman–Crippen MR) is 80.5 cm³/mol. The molecule has 20 heavy (non-hydrogen) atoms. The van der Waals surface area contributed by atoms with Crippen molar-refractivity contribution in [2.75, 3.05) is 20.2 Å². The zero-order valence-corrected chi connectivity index (χ0v) is 12.4. The minimum absolute atomic E-state index is 0.318. The molecular weight excluding hydrogens is 250 g/mol. The molecule has 2 unspecified atom stereocenters. The van der Waals surface area contributed by atoms with Crippen LogP contribution in [0.4, 0.5) is 0 Å². The second-order valence-electron chi connectivity index (χ2n) is 5.90. The molecule has 110 valence electrons. The summed E-state index contributed by atoms with van der Waals surface area (Å²) in [6, 6.07) is 8.60. The van der Waals surface area contributed by atoms with E-state index in [1.165, 1.54) is 51.6 Å². The van der Waals surface area contributed by atoms with Crippen LogP contribution in [0.15, 0.2) is 24.3 Å². The lowest BCUT2D eigenvalue weighted by Crippen LogP contribution is -2.46. The minimum Gasteiger partial charge on any atom is -0.493 e. The van der Waals surface area contributed by atoms with Gasteiger partial charge in [-0.15, -0.1) is 0 Å².